The summed E-state index contributed by atoms with van der Waals surface area (Å²) in [5.41, 5.74) is 2.21. The lowest BCUT2D eigenvalue weighted by Gasteiger charge is -2.38. The van der Waals surface area contributed by atoms with Gasteiger partial charge in [0.25, 0.3) is 11.5 Å². The number of likely N-dealkylation sites (tertiary alicyclic amines) is 1. The minimum Gasteiger partial charge on any atom is -0.488 e. The SMILES string of the molecule is Cc1ccc(C(=O)N2CCC(O)(Cn3cnc4c(cnn4-c4ccc(-n5cc(OCCO)cn5)cc4)c3=O)CC2)cc1. The highest BCUT2D eigenvalue weighted by Crippen LogP contribution is 2.25. The van der Waals surface area contributed by atoms with Crippen LogP contribution in [-0.2, 0) is 6.54 Å². The van der Waals surface area contributed by atoms with Crippen LogP contribution in [0, 0.1) is 6.92 Å². The van der Waals surface area contributed by atoms with E-state index in [-0.39, 0.29) is 31.2 Å². The molecule has 5 aromatic rings. The molecule has 6 rings (SSSR count). The zero-order chi connectivity index (χ0) is 29.3. The Bertz CT molecular complexity index is 1760. The van der Waals surface area contributed by atoms with E-state index >= 15 is 0 Å². The van der Waals surface area contributed by atoms with Crippen molar-refractivity contribution in [3.05, 3.63) is 94.9 Å². The Balaban J connectivity index is 1.15. The molecule has 2 aromatic carbocycles. The van der Waals surface area contributed by atoms with E-state index in [1.165, 1.54) is 17.1 Å². The number of aryl methyl sites for hydroxylation is 1. The summed E-state index contributed by atoms with van der Waals surface area (Å²) in [7, 11) is 0. The molecule has 2 N–H and O–H groups in total. The van der Waals surface area contributed by atoms with Gasteiger partial charge in [0.1, 0.15) is 18.3 Å². The first-order chi connectivity index (χ1) is 20.3. The number of fused-ring (bicyclic) bond motifs is 1. The van der Waals surface area contributed by atoms with Gasteiger partial charge in [-0.05, 0) is 56.2 Å². The van der Waals surface area contributed by atoms with Crippen molar-refractivity contribution in [1.82, 2.24) is 34.0 Å². The summed E-state index contributed by atoms with van der Waals surface area (Å²) in [5.74, 6) is 0.497. The van der Waals surface area contributed by atoms with E-state index in [0.29, 0.717) is 54.0 Å². The van der Waals surface area contributed by atoms with Crippen molar-refractivity contribution >= 4 is 16.9 Å². The molecule has 3 aromatic heterocycles. The number of amides is 1. The average Bonchev–Trinajstić information content (AvgIpc) is 3.66. The number of aliphatic hydroxyl groups is 2. The van der Waals surface area contributed by atoms with Crippen molar-refractivity contribution in [2.24, 2.45) is 0 Å². The van der Waals surface area contributed by atoms with Gasteiger partial charge in [0.15, 0.2) is 11.4 Å². The molecule has 0 spiro atoms. The fourth-order valence-electron chi connectivity index (χ4n) is 5.16. The summed E-state index contributed by atoms with van der Waals surface area (Å²) in [6.07, 6.45) is 6.93. The average molecular weight is 570 g/mol. The summed E-state index contributed by atoms with van der Waals surface area (Å²) in [6, 6.07) is 14.9. The first-order valence-corrected chi connectivity index (χ1v) is 13.7. The number of aromatic nitrogens is 6. The van der Waals surface area contributed by atoms with Gasteiger partial charge in [0.2, 0.25) is 0 Å². The third-order valence-corrected chi connectivity index (χ3v) is 7.58. The highest BCUT2D eigenvalue weighted by atomic mass is 16.5. The molecule has 12 nitrogen and oxygen atoms in total. The normalized spacial score (nSPS) is 14.8. The predicted molar refractivity (Wildman–Crippen MR) is 154 cm³/mol. The van der Waals surface area contributed by atoms with Gasteiger partial charge in [0.05, 0.1) is 48.7 Å². The van der Waals surface area contributed by atoms with E-state index in [9.17, 15) is 14.7 Å². The molecule has 0 atom stereocenters. The quantitative estimate of drug-likeness (QED) is 0.290. The van der Waals surface area contributed by atoms with Crippen LogP contribution in [0.2, 0.25) is 0 Å². The van der Waals surface area contributed by atoms with Crippen LogP contribution in [-0.4, -0.2) is 82.0 Å². The Kier molecular flexibility index (Phi) is 7.31. The van der Waals surface area contributed by atoms with E-state index < -0.39 is 5.60 Å². The monoisotopic (exact) mass is 569 g/mol. The van der Waals surface area contributed by atoms with E-state index in [0.717, 1.165) is 11.3 Å². The summed E-state index contributed by atoms with van der Waals surface area (Å²) in [6.45, 7) is 2.97. The van der Waals surface area contributed by atoms with E-state index in [4.69, 9.17) is 9.84 Å². The zero-order valence-electron chi connectivity index (χ0n) is 23.1. The summed E-state index contributed by atoms with van der Waals surface area (Å²) >= 11 is 0. The molecule has 0 radical (unpaired) electrons. The molecule has 216 valence electrons. The molecule has 0 aliphatic carbocycles. The Morgan fingerprint density at radius 1 is 1.00 bits per heavy atom. The van der Waals surface area contributed by atoms with Crippen LogP contribution in [0.25, 0.3) is 22.4 Å². The van der Waals surface area contributed by atoms with Crippen LogP contribution in [0.5, 0.6) is 5.75 Å². The number of carbonyl (C=O) groups excluding carboxylic acids is 1. The Morgan fingerprint density at radius 2 is 1.71 bits per heavy atom. The molecule has 1 amide bonds. The fraction of sp³-hybridized carbons (Fsp3) is 0.300. The summed E-state index contributed by atoms with van der Waals surface area (Å²) < 4.78 is 10.0. The second-order valence-electron chi connectivity index (χ2n) is 10.6. The first kappa shape index (κ1) is 27.4. The first-order valence-electron chi connectivity index (χ1n) is 13.7. The van der Waals surface area contributed by atoms with Crippen molar-refractivity contribution in [3.63, 3.8) is 0 Å². The number of aliphatic hydroxyl groups excluding tert-OH is 1. The minimum absolute atomic E-state index is 0.0563. The predicted octanol–water partition coefficient (Wildman–Crippen LogP) is 2.11. The Hall–Kier alpha value is -4.81. The molecule has 4 heterocycles. The van der Waals surface area contributed by atoms with E-state index in [1.54, 1.807) is 26.7 Å². The van der Waals surface area contributed by atoms with Crippen molar-refractivity contribution in [3.8, 4) is 17.1 Å². The number of piperidine rings is 1. The molecule has 12 heteroatoms. The Labute approximate surface area is 241 Å². The van der Waals surface area contributed by atoms with Gasteiger partial charge in [-0.25, -0.2) is 14.3 Å². The third kappa shape index (κ3) is 5.41. The number of nitrogens with zero attached hydrogens (tertiary/aromatic N) is 7. The maximum atomic E-state index is 13.3. The number of hydrogen-bond donors (Lipinski definition) is 2. The van der Waals surface area contributed by atoms with Gasteiger partial charge in [0, 0.05) is 18.7 Å². The summed E-state index contributed by atoms with van der Waals surface area (Å²) in [4.78, 5) is 32.5. The second kappa shape index (κ2) is 11.2. The van der Waals surface area contributed by atoms with Gasteiger partial charge < -0.3 is 19.8 Å². The van der Waals surface area contributed by atoms with Gasteiger partial charge in [-0.3, -0.25) is 14.2 Å². The van der Waals surface area contributed by atoms with Gasteiger partial charge >= 0.3 is 0 Å². The molecular weight excluding hydrogens is 538 g/mol. The van der Waals surface area contributed by atoms with Crippen LogP contribution in [0.15, 0.2) is 78.2 Å². The van der Waals surface area contributed by atoms with Crippen LogP contribution < -0.4 is 10.3 Å². The van der Waals surface area contributed by atoms with Crippen LogP contribution >= 0.6 is 0 Å². The van der Waals surface area contributed by atoms with Crippen LogP contribution in [0.1, 0.15) is 28.8 Å². The molecule has 1 aliphatic heterocycles. The molecule has 0 bridgehead atoms. The van der Waals surface area contributed by atoms with Gasteiger partial charge in [-0.1, -0.05) is 17.7 Å². The molecular formula is C30H31N7O5. The third-order valence-electron chi connectivity index (χ3n) is 7.58. The molecule has 42 heavy (non-hydrogen) atoms. The second-order valence-corrected chi connectivity index (χ2v) is 10.6. The van der Waals surface area contributed by atoms with Crippen molar-refractivity contribution in [2.45, 2.75) is 31.9 Å². The highest BCUT2D eigenvalue weighted by molar-refractivity contribution is 5.94. The smallest absolute Gasteiger partial charge is 0.264 e. The number of ether oxygens (including phenoxy) is 1. The van der Waals surface area contributed by atoms with Gasteiger partial charge in [-0.2, -0.15) is 10.2 Å². The lowest BCUT2D eigenvalue weighted by molar-refractivity contribution is -0.0299. The molecule has 1 fully saturated rings. The molecule has 1 saturated heterocycles. The molecule has 0 unspecified atom stereocenters. The van der Waals surface area contributed by atoms with Crippen LogP contribution in [0.3, 0.4) is 0 Å². The summed E-state index contributed by atoms with van der Waals surface area (Å²) in [5, 5.41) is 29.2. The van der Waals surface area contributed by atoms with Crippen molar-refractivity contribution in [1.29, 1.82) is 0 Å². The molecule has 0 saturated carbocycles. The minimum atomic E-state index is -1.13. The number of hydrogen-bond acceptors (Lipinski definition) is 8. The maximum Gasteiger partial charge on any atom is 0.264 e. The topological polar surface area (TPSA) is 141 Å². The largest absolute Gasteiger partial charge is 0.488 e. The fourth-order valence-corrected chi connectivity index (χ4v) is 5.16. The Morgan fingerprint density at radius 3 is 2.43 bits per heavy atom. The standard InChI is InChI=1S/C30H31N7O5/c1-21-2-4-22(5-3-21)28(39)34-12-10-30(41,11-13-34)19-35-20-31-27-26(29(35)40)17-33-37(27)24-8-6-23(7-9-24)36-18-25(16-32-36)42-15-14-38/h2-9,16-18,20,38,41H,10-15,19H2,1H3. The number of rotatable bonds is 8. The maximum absolute atomic E-state index is 13.3. The van der Waals surface area contributed by atoms with Gasteiger partial charge in [-0.15, -0.1) is 0 Å². The van der Waals surface area contributed by atoms with Crippen molar-refractivity contribution in [2.75, 3.05) is 26.3 Å². The molecule has 1 aliphatic rings. The number of carbonyl (C=O) groups is 1. The van der Waals surface area contributed by atoms with E-state index in [2.05, 4.69) is 15.2 Å². The van der Waals surface area contributed by atoms with Crippen LogP contribution in [0.4, 0.5) is 0 Å². The zero-order valence-corrected chi connectivity index (χ0v) is 23.1. The van der Waals surface area contributed by atoms with Crippen molar-refractivity contribution < 1.29 is 19.7 Å². The number of benzene rings is 2. The lowest BCUT2D eigenvalue weighted by atomic mass is 9.91. The highest BCUT2D eigenvalue weighted by Gasteiger charge is 2.35. The van der Waals surface area contributed by atoms with E-state index in [1.807, 2.05) is 55.5 Å². The lowest BCUT2D eigenvalue weighted by Crippen LogP contribution is -2.49.